The molecule has 0 unspecified atom stereocenters. The molecule has 0 saturated heterocycles. The molecule has 1 rings (SSSR count). The number of carboxylic acids is 1. The lowest BCUT2D eigenvalue weighted by Gasteiger charge is -1.94. The van der Waals surface area contributed by atoms with E-state index in [-0.39, 0.29) is 5.69 Å². The summed E-state index contributed by atoms with van der Waals surface area (Å²) in [5.74, 6) is -1.09. The SMILES string of the molecule is N#CSc1cccc(C(=O)O)n1. The number of rotatable bonds is 2. The van der Waals surface area contributed by atoms with Crippen LogP contribution in [0.15, 0.2) is 23.2 Å². The van der Waals surface area contributed by atoms with E-state index in [2.05, 4.69) is 4.98 Å². The summed E-state index contributed by atoms with van der Waals surface area (Å²) in [6, 6.07) is 4.51. The second kappa shape index (κ2) is 3.74. The van der Waals surface area contributed by atoms with Gasteiger partial charge >= 0.3 is 5.97 Å². The van der Waals surface area contributed by atoms with E-state index in [1.54, 1.807) is 12.1 Å². The smallest absolute Gasteiger partial charge is 0.354 e. The summed E-state index contributed by atoms with van der Waals surface area (Å²) in [6.45, 7) is 0. The highest BCUT2D eigenvalue weighted by Crippen LogP contribution is 2.13. The topological polar surface area (TPSA) is 74.0 Å². The maximum Gasteiger partial charge on any atom is 0.354 e. The fourth-order valence-electron chi connectivity index (χ4n) is 0.638. The van der Waals surface area contributed by atoms with Crippen LogP contribution in [-0.2, 0) is 0 Å². The van der Waals surface area contributed by atoms with Gasteiger partial charge in [-0.15, -0.1) is 0 Å². The van der Waals surface area contributed by atoms with Gasteiger partial charge in [0.1, 0.15) is 16.1 Å². The van der Waals surface area contributed by atoms with Crippen LogP contribution in [0.3, 0.4) is 0 Å². The highest BCUT2D eigenvalue weighted by Gasteiger charge is 2.04. The molecule has 4 nitrogen and oxygen atoms in total. The average molecular weight is 180 g/mol. The third-order valence-electron chi connectivity index (χ3n) is 1.09. The van der Waals surface area contributed by atoms with Gasteiger partial charge in [0.05, 0.1) is 0 Å². The average Bonchev–Trinajstić information content (AvgIpc) is 2.05. The van der Waals surface area contributed by atoms with Gasteiger partial charge in [-0.05, 0) is 12.1 Å². The summed E-state index contributed by atoms with van der Waals surface area (Å²) in [7, 11) is 0. The summed E-state index contributed by atoms with van der Waals surface area (Å²) in [5.41, 5.74) is -0.0461. The summed E-state index contributed by atoms with van der Waals surface area (Å²) >= 11 is 0.838. The van der Waals surface area contributed by atoms with E-state index in [1.165, 1.54) is 6.07 Å². The number of thiocyanates is 1. The molecule has 12 heavy (non-hydrogen) atoms. The predicted molar refractivity (Wildman–Crippen MR) is 42.7 cm³/mol. The third kappa shape index (κ3) is 1.97. The number of hydrogen-bond acceptors (Lipinski definition) is 4. The molecule has 0 aliphatic rings. The molecular formula is C7H4N2O2S. The van der Waals surface area contributed by atoms with Crippen LogP contribution in [0.4, 0.5) is 0 Å². The van der Waals surface area contributed by atoms with E-state index in [0.717, 1.165) is 11.8 Å². The molecule has 0 saturated carbocycles. The van der Waals surface area contributed by atoms with Gasteiger partial charge in [-0.2, -0.15) is 5.26 Å². The zero-order valence-corrected chi connectivity index (χ0v) is 6.71. The Labute approximate surface area is 72.9 Å². The van der Waals surface area contributed by atoms with E-state index < -0.39 is 5.97 Å². The maximum absolute atomic E-state index is 10.4. The van der Waals surface area contributed by atoms with Crippen molar-refractivity contribution < 1.29 is 9.90 Å². The molecule has 0 spiro atoms. The predicted octanol–water partition coefficient (Wildman–Crippen LogP) is 1.35. The number of nitrogens with zero attached hydrogens (tertiary/aromatic N) is 2. The molecule has 0 aromatic carbocycles. The normalized spacial score (nSPS) is 8.92. The Kier molecular flexibility index (Phi) is 2.66. The number of pyridine rings is 1. The minimum absolute atomic E-state index is 0.0461. The van der Waals surface area contributed by atoms with Crippen LogP contribution in [0.1, 0.15) is 10.5 Å². The van der Waals surface area contributed by atoms with Crippen molar-refractivity contribution in [2.24, 2.45) is 0 Å². The lowest BCUT2D eigenvalue weighted by molar-refractivity contribution is 0.0689. The molecule has 0 aliphatic heterocycles. The number of nitriles is 1. The molecule has 1 heterocycles. The molecule has 0 amide bonds. The van der Waals surface area contributed by atoms with Crippen molar-refractivity contribution in [3.63, 3.8) is 0 Å². The van der Waals surface area contributed by atoms with Gasteiger partial charge in [0.15, 0.2) is 0 Å². The quantitative estimate of drug-likeness (QED) is 0.549. The van der Waals surface area contributed by atoms with Gasteiger partial charge in [0, 0.05) is 11.8 Å². The summed E-state index contributed by atoms with van der Waals surface area (Å²) < 4.78 is 0. The zero-order valence-electron chi connectivity index (χ0n) is 5.89. The standard InChI is InChI=1S/C7H4N2O2S/c8-4-12-6-3-1-2-5(9-6)7(10)11/h1-3H,(H,10,11). The first-order valence-electron chi connectivity index (χ1n) is 3.00. The molecule has 0 aliphatic carbocycles. The third-order valence-corrected chi connectivity index (χ3v) is 1.62. The van der Waals surface area contributed by atoms with Crippen LogP contribution in [0, 0.1) is 10.7 Å². The maximum atomic E-state index is 10.4. The second-order valence-corrected chi connectivity index (χ2v) is 2.66. The Morgan fingerprint density at radius 3 is 3.00 bits per heavy atom. The molecule has 0 bridgehead atoms. The minimum Gasteiger partial charge on any atom is -0.477 e. The van der Waals surface area contributed by atoms with Crippen molar-refractivity contribution in [2.45, 2.75) is 5.03 Å². The Morgan fingerprint density at radius 1 is 1.67 bits per heavy atom. The first-order chi connectivity index (χ1) is 5.74. The number of hydrogen-bond donors (Lipinski definition) is 1. The first-order valence-corrected chi connectivity index (χ1v) is 3.82. The number of carbonyl (C=O) groups is 1. The minimum atomic E-state index is -1.09. The fourth-order valence-corrected chi connectivity index (χ4v) is 1.02. The summed E-state index contributed by atoms with van der Waals surface area (Å²) in [4.78, 5) is 14.1. The van der Waals surface area contributed by atoms with Gasteiger partial charge in [0.25, 0.3) is 0 Å². The van der Waals surface area contributed by atoms with Crippen LogP contribution in [0.25, 0.3) is 0 Å². The Bertz CT molecular complexity index is 346. The lowest BCUT2D eigenvalue weighted by Crippen LogP contribution is -1.99. The highest BCUT2D eigenvalue weighted by molar-refractivity contribution is 8.03. The fraction of sp³-hybridized carbons (Fsp3) is 0. The molecule has 1 aromatic rings. The van der Waals surface area contributed by atoms with Crippen LogP contribution in [0.2, 0.25) is 0 Å². The van der Waals surface area contributed by atoms with Crippen LogP contribution in [-0.4, -0.2) is 16.1 Å². The molecule has 0 fully saturated rings. The van der Waals surface area contributed by atoms with Crippen molar-refractivity contribution in [1.82, 2.24) is 4.98 Å². The van der Waals surface area contributed by atoms with E-state index in [0.29, 0.717) is 5.03 Å². The Hall–Kier alpha value is -1.54. The highest BCUT2D eigenvalue weighted by atomic mass is 32.2. The number of thioether (sulfide) groups is 1. The van der Waals surface area contributed by atoms with Crippen LogP contribution < -0.4 is 0 Å². The molecule has 1 N–H and O–H groups in total. The number of aromatic carboxylic acids is 1. The van der Waals surface area contributed by atoms with Crippen molar-refractivity contribution in [3.8, 4) is 5.40 Å². The Balaban J connectivity index is 2.97. The molecule has 0 atom stereocenters. The second-order valence-electron chi connectivity index (χ2n) is 1.86. The van der Waals surface area contributed by atoms with E-state index in [9.17, 15) is 4.79 Å². The molecule has 60 valence electrons. The molecular weight excluding hydrogens is 176 g/mol. The van der Waals surface area contributed by atoms with Crippen molar-refractivity contribution in [2.75, 3.05) is 0 Å². The Morgan fingerprint density at radius 2 is 2.42 bits per heavy atom. The van der Waals surface area contributed by atoms with Gasteiger partial charge in [-0.25, -0.2) is 9.78 Å². The van der Waals surface area contributed by atoms with Crippen LogP contribution in [0.5, 0.6) is 0 Å². The number of aromatic nitrogens is 1. The van der Waals surface area contributed by atoms with E-state index >= 15 is 0 Å². The zero-order chi connectivity index (χ0) is 8.97. The van der Waals surface area contributed by atoms with Crippen LogP contribution >= 0.6 is 11.8 Å². The molecule has 0 radical (unpaired) electrons. The van der Waals surface area contributed by atoms with Crippen molar-refractivity contribution in [3.05, 3.63) is 23.9 Å². The first kappa shape index (κ1) is 8.56. The van der Waals surface area contributed by atoms with Crippen molar-refractivity contribution >= 4 is 17.7 Å². The van der Waals surface area contributed by atoms with Gasteiger partial charge in [-0.1, -0.05) is 6.07 Å². The van der Waals surface area contributed by atoms with E-state index in [1.807, 2.05) is 5.40 Å². The van der Waals surface area contributed by atoms with Gasteiger partial charge in [0.2, 0.25) is 0 Å². The van der Waals surface area contributed by atoms with Gasteiger partial charge < -0.3 is 5.11 Å². The largest absolute Gasteiger partial charge is 0.477 e. The summed E-state index contributed by atoms with van der Waals surface area (Å²) in [6.07, 6.45) is 0. The number of carboxylic acid groups (broad SMARTS) is 1. The van der Waals surface area contributed by atoms with E-state index in [4.69, 9.17) is 10.4 Å². The summed E-state index contributed by atoms with van der Waals surface area (Å²) in [5, 5.41) is 19.0. The lowest BCUT2D eigenvalue weighted by atomic mass is 10.4. The van der Waals surface area contributed by atoms with Gasteiger partial charge in [-0.3, -0.25) is 0 Å². The van der Waals surface area contributed by atoms with Crippen molar-refractivity contribution in [1.29, 1.82) is 5.26 Å². The monoisotopic (exact) mass is 180 g/mol. The molecule has 5 heteroatoms. The molecule has 1 aromatic heterocycles.